The van der Waals surface area contributed by atoms with E-state index >= 15 is 0 Å². The highest BCUT2D eigenvalue weighted by Gasteiger charge is 2.21. The van der Waals surface area contributed by atoms with Crippen LogP contribution in [0.1, 0.15) is 12.8 Å². The lowest BCUT2D eigenvalue weighted by molar-refractivity contribution is 0.252. The van der Waals surface area contributed by atoms with Gasteiger partial charge in [-0.2, -0.15) is 0 Å². The number of urea groups is 1. The number of benzene rings is 1. The first-order chi connectivity index (χ1) is 9.72. The molecule has 2 heterocycles. The van der Waals surface area contributed by atoms with Crippen LogP contribution >= 0.6 is 0 Å². The first-order valence-electron chi connectivity index (χ1n) is 7.33. The molecule has 0 spiro atoms. The quantitative estimate of drug-likeness (QED) is 0.882. The van der Waals surface area contributed by atoms with Crippen LogP contribution in [-0.4, -0.2) is 50.2 Å². The molecule has 5 heteroatoms. The molecule has 1 aromatic carbocycles. The van der Waals surface area contributed by atoms with Crippen LogP contribution in [0, 0.1) is 0 Å². The molecule has 0 unspecified atom stereocenters. The average molecular weight is 274 g/mol. The van der Waals surface area contributed by atoms with Crippen LogP contribution < -0.4 is 15.5 Å². The van der Waals surface area contributed by atoms with Crippen molar-refractivity contribution in [3.05, 3.63) is 24.3 Å². The number of hydrogen-bond acceptors (Lipinski definition) is 3. The summed E-state index contributed by atoms with van der Waals surface area (Å²) in [4.78, 5) is 15.9. The van der Waals surface area contributed by atoms with Crippen LogP contribution in [0.4, 0.5) is 16.2 Å². The second kappa shape index (κ2) is 5.71. The van der Waals surface area contributed by atoms with Gasteiger partial charge in [-0.25, -0.2) is 4.79 Å². The molecule has 5 nitrogen and oxygen atoms in total. The third kappa shape index (κ3) is 2.88. The van der Waals surface area contributed by atoms with Gasteiger partial charge in [-0.05, 0) is 51.2 Å². The molecule has 0 radical (unpaired) electrons. The van der Waals surface area contributed by atoms with Gasteiger partial charge in [0, 0.05) is 30.5 Å². The largest absolute Gasteiger partial charge is 0.382 e. The number of carbonyl (C=O) groups is 1. The van der Waals surface area contributed by atoms with Crippen LogP contribution in [0.2, 0.25) is 0 Å². The SMILES string of the molecule is CN1CCC(Nc2cccc(N3CCNC3=O)c2)CC1. The predicted molar refractivity (Wildman–Crippen MR) is 81.3 cm³/mol. The first kappa shape index (κ1) is 13.2. The summed E-state index contributed by atoms with van der Waals surface area (Å²) >= 11 is 0. The van der Waals surface area contributed by atoms with Gasteiger partial charge < -0.3 is 15.5 Å². The number of amides is 2. The molecule has 20 heavy (non-hydrogen) atoms. The minimum Gasteiger partial charge on any atom is -0.382 e. The number of hydrogen-bond donors (Lipinski definition) is 2. The molecule has 0 bridgehead atoms. The van der Waals surface area contributed by atoms with E-state index in [1.807, 2.05) is 12.1 Å². The second-order valence-corrected chi connectivity index (χ2v) is 5.66. The first-order valence-corrected chi connectivity index (χ1v) is 7.33. The Labute approximate surface area is 119 Å². The fourth-order valence-corrected chi connectivity index (χ4v) is 2.87. The summed E-state index contributed by atoms with van der Waals surface area (Å²) in [5, 5.41) is 6.43. The number of rotatable bonds is 3. The highest BCUT2D eigenvalue weighted by atomic mass is 16.2. The van der Waals surface area contributed by atoms with E-state index in [1.165, 1.54) is 12.8 Å². The Morgan fingerprint density at radius 2 is 2.05 bits per heavy atom. The Hall–Kier alpha value is -1.75. The van der Waals surface area contributed by atoms with Crippen LogP contribution in [-0.2, 0) is 0 Å². The van der Waals surface area contributed by atoms with E-state index in [1.54, 1.807) is 4.90 Å². The van der Waals surface area contributed by atoms with E-state index in [0.29, 0.717) is 6.04 Å². The molecule has 2 amide bonds. The summed E-state index contributed by atoms with van der Waals surface area (Å²) in [6.07, 6.45) is 2.34. The number of anilines is 2. The topological polar surface area (TPSA) is 47.6 Å². The Bertz CT molecular complexity index is 483. The van der Waals surface area contributed by atoms with Crippen molar-refractivity contribution >= 4 is 17.4 Å². The van der Waals surface area contributed by atoms with Gasteiger partial charge in [0.2, 0.25) is 0 Å². The van der Waals surface area contributed by atoms with E-state index in [-0.39, 0.29) is 6.03 Å². The van der Waals surface area contributed by atoms with Crippen molar-refractivity contribution < 1.29 is 4.79 Å². The van der Waals surface area contributed by atoms with Crippen molar-refractivity contribution in [1.29, 1.82) is 0 Å². The summed E-state index contributed by atoms with van der Waals surface area (Å²) in [5.74, 6) is 0. The lowest BCUT2D eigenvalue weighted by atomic mass is 10.1. The molecule has 0 saturated carbocycles. The molecule has 0 aliphatic carbocycles. The van der Waals surface area contributed by atoms with Gasteiger partial charge in [0.1, 0.15) is 0 Å². The summed E-state index contributed by atoms with van der Waals surface area (Å²) < 4.78 is 0. The fraction of sp³-hybridized carbons (Fsp3) is 0.533. The minimum atomic E-state index is 0.00133. The maximum absolute atomic E-state index is 11.7. The van der Waals surface area contributed by atoms with E-state index in [4.69, 9.17) is 0 Å². The molecule has 2 aliphatic heterocycles. The highest BCUT2D eigenvalue weighted by molar-refractivity contribution is 5.94. The maximum atomic E-state index is 11.7. The van der Waals surface area contributed by atoms with Crippen molar-refractivity contribution in [1.82, 2.24) is 10.2 Å². The number of piperidine rings is 1. The normalized spacial score (nSPS) is 21.1. The fourth-order valence-electron chi connectivity index (χ4n) is 2.87. The van der Waals surface area contributed by atoms with Gasteiger partial charge in [0.25, 0.3) is 0 Å². The zero-order valence-corrected chi connectivity index (χ0v) is 11.9. The van der Waals surface area contributed by atoms with Crippen molar-refractivity contribution in [2.45, 2.75) is 18.9 Å². The minimum absolute atomic E-state index is 0.00133. The van der Waals surface area contributed by atoms with Crippen molar-refractivity contribution in [3.63, 3.8) is 0 Å². The van der Waals surface area contributed by atoms with Gasteiger partial charge in [-0.3, -0.25) is 4.90 Å². The van der Waals surface area contributed by atoms with Crippen LogP contribution in [0.15, 0.2) is 24.3 Å². The van der Waals surface area contributed by atoms with Gasteiger partial charge in [-0.1, -0.05) is 6.07 Å². The number of likely N-dealkylation sites (tertiary alicyclic amines) is 1. The summed E-state index contributed by atoms with van der Waals surface area (Å²) in [5.41, 5.74) is 2.08. The summed E-state index contributed by atoms with van der Waals surface area (Å²) in [6.45, 7) is 3.76. The second-order valence-electron chi connectivity index (χ2n) is 5.66. The van der Waals surface area contributed by atoms with E-state index in [0.717, 1.165) is 37.6 Å². The summed E-state index contributed by atoms with van der Waals surface area (Å²) in [6, 6.07) is 8.69. The van der Waals surface area contributed by atoms with Crippen LogP contribution in [0.3, 0.4) is 0 Å². The molecule has 108 valence electrons. The Morgan fingerprint density at radius 1 is 1.25 bits per heavy atom. The molecule has 2 fully saturated rings. The van der Waals surface area contributed by atoms with Crippen LogP contribution in [0.25, 0.3) is 0 Å². The van der Waals surface area contributed by atoms with E-state index in [9.17, 15) is 4.79 Å². The number of nitrogens with zero attached hydrogens (tertiary/aromatic N) is 2. The molecular formula is C15H22N4O. The van der Waals surface area contributed by atoms with Crippen molar-refractivity contribution in [3.8, 4) is 0 Å². The molecule has 0 aromatic heterocycles. The van der Waals surface area contributed by atoms with Crippen molar-refractivity contribution in [2.75, 3.05) is 43.4 Å². The molecule has 3 rings (SSSR count). The predicted octanol–water partition coefficient (Wildman–Crippen LogP) is 1.72. The molecule has 1 aromatic rings. The summed E-state index contributed by atoms with van der Waals surface area (Å²) in [7, 11) is 2.17. The standard InChI is InChI=1S/C15H22N4O/c1-18-8-5-12(6-9-18)17-13-3-2-4-14(11-13)19-10-7-16-15(19)20/h2-4,11-12,17H,5-10H2,1H3,(H,16,20). The van der Waals surface area contributed by atoms with Gasteiger partial charge in [-0.15, -0.1) is 0 Å². The van der Waals surface area contributed by atoms with Crippen molar-refractivity contribution in [2.24, 2.45) is 0 Å². The molecule has 0 atom stereocenters. The van der Waals surface area contributed by atoms with Crippen LogP contribution in [0.5, 0.6) is 0 Å². The smallest absolute Gasteiger partial charge is 0.321 e. The Balaban J connectivity index is 1.66. The molecule has 2 aliphatic rings. The third-order valence-electron chi connectivity index (χ3n) is 4.10. The lowest BCUT2D eigenvalue weighted by Crippen LogP contribution is -2.36. The Morgan fingerprint density at radius 3 is 2.75 bits per heavy atom. The van der Waals surface area contributed by atoms with Gasteiger partial charge in [0.05, 0.1) is 0 Å². The zero-order valence-electron chi connectivity index (χ0n) is 11.9. The number of carbonyl (C=O) groups excluding carboxylic acids is 1. The maximum Gasteiger partial charge on any atom is 0.321 e. The average Bonchev–Trinajstić information content (AvgIpc) is 2.88. The monoisotopic (exact) mass is 274 g/mol. The van der Waals surface area contributed by atoms with Gasteiger partial charge >= 0.3 is 6.03 Å². The van der Waals surface area contributed by atoms with E-state index < -0.39 is 0 Å². The van der Waals surface area contributed by atoms with E-state index in [2.05, 4.69) is 34.7 Å². The zero-order chi connectivity index (χ0) is 13.9. The van der Waals surface area contributed by atoms with Gasteiger partial charge in [0.15, 0.2) is 0 Å². The highest BCUT2D eigenvalue weighted by Crippen LogP contribution is 2.23. The molecular weight excluding hydrogens is 252 g/mol. The number of nitrogens with one attached hydrogen (secondary N) is 2. The Kier molecular flexibility index (Phi) is 3.78. The molecule has 2 N–H and O–H groups in total. The molecule has 2 saturated heterocycles. The third-order valence-corrected chi connectivity index (χ3v) is 4.10. The lowest BCUT2D eigenvalue weighted by Gasteiger charge is -2.30.